The zero-order valence-corrected chi connectivity index (χ0v) is 24.4. The molecule has 0 spiro atoms. The number of para-hydroxylation sites is 1. The van der Waals surface area contributed by atoms with Crippen LogP contribution in [0, 0.1) is 0 Å². The van der Waals surface area contributed by atoms with Gasteiger partial charge in [-0.3, -0.25) is 5.32 Å². The molecule has 5 rings (SSSR count). The Labute approximate surface area is 250 Å². The average molecular weight is 574 g/mol. The third-order valence-electron chi connectivity index (χ3n) is 7.77. The van der Waals surface area contributed by atoms with E-state index in [9.17, 15) is 0 Å². The summed E-state index contributed by atoms with van der Waals surface area (Å²) in [5.74, 6) is 0. The number of ether oxygens (including phenoxy) is 5. The summed E-state index contributed by atoms with van der Waals surface area (Å²) in [6, 6.07) is 28.9. The largest absolute Gasteiger partial charge is 0.379 e. The van der Waals surface area contributed by atoms with Crippen LogP contribution in [0.1, 0.15) is 48.8 Å². The van der Waals surface area contributed by atoms with Gasteiger partial charge in [-0.05, 0) is 43.0 Å². The van der Waals surface area contributed by atoms with E-state index in [1.807, 2.05) is 36.4 Å². The molecule has 0 saturated carbocycles. The molecule has 0 unspecified atom stereocenters. The van der Waals surface area contributed by atoms with Crippen LogP contribution in [0.2, 0.25) is 0 Å². The van der Waals surface area contributed by atoms with Gasteiger partial charge in [0.2, 0.25) is 0 Å². The second-order valence-corrected chi connectivity index (χ2v) is 10.9. The monoisotopic (exact) mass is 573 g/mol. The first kappa shape index (κ1) is 30.6. The maximum absolute atomic E-state index is 6.55. The van der Waals surface area contributed by atoms with Crippen molar-refractivity contribution in [1.29, 1.82) is 0 Å². The van der Waals surface area contributed by atoms with E-state index in [0.717, 1.165) is 43.4 Å². The fourth-order valence-corrected chi connectivity index (χ4v) is 5.48. The molecule has 0 aromatic heterocycles. The van der Waals surface area contributed by atoms with E-state index in [-0.39, 0.29) is 18.3 Å². The Morgan fingerprint density at radius 3 is 2.24 bits per heavy atom. The van der Waals surface area contributed by atoms with Crippen molar-refractivity contribution in [3.8, 4) is 0 Å². The number of hydrogen-bond donors (Lipinski definition) is 2. The number of fused-ring (bicyclic) bond motifs is 1. The molecule has 7 heteroatoms. The van der Waals surface area contributed by atoms with Crippen molar-refractivity contribution in [2.24, 2.45) is 5.73 Å². The minimum absolute atomic E-state index is 0.151. The average Bonchev–Trinajstić information content (AvgIpc) is 3.45. The summed E-state index contributed by atoms with van der Waals surface area (Å²) < 4.78 is 32.1. The molecular formula is C35H45N2O5+. The van der Waals surface area contributed by atoms with Gasteiger partial charge >= 0.3 is 0 Å². The van der Waals surface area contributed by atoms with Gasteiger partial charge in [-0.1, -0.05) is 72.8 Å². The maximum Gasteiger partial charge on any atom is 0.186 e. The van der Waals surface area contributed by atoms with Crippen LogP contribution >= 0.6 is 0 Å². The lowest BCUT2D eigenvalue weighted by atomic mass is 10.0. The Morgan fingerprint density at radius 2 is 1.48 bits per heavy atom. The van der Waals surface area contributed by atoms with E-state index in [1.165, 1.54) is 16.8 Å². The van der Waals surface area contributed by atoms with Crippen LogP contribution < -0.4 is 11.1 Å². The fourth-order valence-electron chi connectivity index (χ4n) is 5.48. The molecule has 2 aliphatic heterocycles. The Morgan fingerprint density at radius 1 is 0.762 bits per heavy atom. The lowest BCUT2D eigenvalue weighted by Crippen LogP contribution is -2.69. The first-order valence-electron chi connectivity index (χ1n) is 15.3. The standard InChI is InChI=1S/C35H44N2O5/c36-19-10-3-11-20-38-26-30-22-33(40-24-27-12-4-1-5-13-27)34(41-25-28-14-6-2-7-15-28)35(42-30)39-21-18-29-23-37-32-17-9-8-16-31(29)32/h1-2,4-9,12-17,23,30,33-35,37H,3,10-11,18-22,24-26,36H2/p+1/t30-,33-,34+,35+/m0/s1. The van der Waals surface area contributed by atoms with Crippen molar-refractivity contribution < 1.29 is 29.0 Å². The predicted molar refractivity (Wildman–Crippen MR) is 164 cm³/mol. The van der Waals surface area contributed by atoms with E-state index in [2.05, 4.69) is 60.0 Å². The summed E-state index contributed by atoms with van der Waals surface area (Å²) in [6.07, 6.45) is 5.41. The van der Waals surface area contributed by atoms with E-state index >= 15 is 0 Å². The number of nitrogens with two attached hydrogens (primary N) is 2. The topological polar surface area (TPSA) is 88.8 Å². The van der Waals surface area contributed by atoms with Crippen LogP contribution in [0.4, 0.5) is 5.69 Å². The second-order valence-electron chi connectivity index (χ2n) is 10.9. The fraction of sp³-hybridized carbons (Fsp3) is 0.429. The maximum atomic E-state index is 6.55. The predicted octanol–water partition coefficient (Wildman–Crippen LogP) is 5.07. The number of quaternary nitrogens is 1. The van der Waals surface area contributed by atoms with Gasteiger partial charge in [-0.25, -0.2) is 0 Å². The normalized spacial score (nSPS) is 21.7. The molecule has 3 aromatic carbocycles. The lowest BCUT2D eigenvalue weighted by molar-refractivity contribution is -0.491. The molecule has 4 N–H and O–H groups in total. The molecule has 1 fully saturated rings. The summed E-state index contributed by atoms with van der Waals surface area (Å²) in [5.41, 5.74) is 11.7. The Hall–Kier alpha value is -2.88. The third-order valence-corrected chi connectivity index (χ3v) is 7.77. The molecule has 0 aliphatic carbocycles. The summed E-state index contributed by atoms with van der Waals surface area (Å²) >= 11 is 0. The van der Waals surface area contributed by atoms with Crippen molar-refractivity contribution in [2.75, 3.05) is 26.4 Å². The first-order valence-corrected chi connectivity index (χ1v) is 15.3. The van der Waals surface area contributed by atoms with Crippen LogP contribution in [0.5, 0.6) is 0 Å². The Balaban J connectivity index is 1.26. The zero-order valence-electron chi connectivity index (χ0n) is 24.4. The van der Waals surface area contributed by atoms with Gasteiger partial charge in [0.05, 0.1) is 38.6 Å². The highest BCUT2D eigenvalue weighted by Crippen LogP contribution is 2.30. The lowest BCUT2D eigenvalue weighted by Gasteiger charge is -2.41. The first-order chi connectivity index (χ1) is 20.8. The van der Waals surface area contributed by atoms with Crippen molar-refractivity contribution in [3.05, 3.63) is 108 Å². The molecule has 0 radical (unpaired) electrons. The SMILES string of the molecule is NCCCCCOC[C@@H]1C[C@H](OCc2ccccc2)[C@@H](OCc2ccccc2)[C@H](OCCC2=C[NH2+]c3ccccc32)O1. The minimum Gasteiger partial charge on any atom is -0.379 e. The Bertz CT molecular complexity index is 1220. The van der Waals surface area contributed by atoms with Crippen LogP contribution in [-0.2, 0) is 36.9 Å². The van der Waals surface area contributed by atoms with E-state index in [1.54, 1.807) is 0 Å². The molecule has 7 nitrogen and oxygen atoms in total. The van der Waals surface area contributed by atoms with Crippen LogP contribution in [0.25, 0.3) is 5.57 Å². The van der Waals surface area contributed by atoms with Gasteiger partial charge in [0.15, 0.2) is 6.29 Å². The van der Waals surface area contributed by atoms with Crippen LogP contribution in [-0.4, -0.2) is 51.0 Å². The quantitative estimate of drug-likeness (QED) is 0.173. The smallest absolute Gasteiger partial charge is 0.186 e. The van der Waals surface area contributed by atoms with Crippen molar-refractivity contribution in [2.45, 2.75) is 69.9 Å². The molecule has 224 valence electrons. The summed E-state index contributed by atoms with van der Waals surface area (Å²) in [7, 11) is 0. The highest BCUT2D eigenvalue weighted by atomic mass is 16.7. The van der Waals surface area contributed by atoms with E-state index in [4.69, 9.17) is 29.4 Å². The molecular weight excluding hydrogens is 528 g/mol. The van der Waals surface area contributed by atoms with Gasteiger partial charge in [0.1, 0.15) is 18.0 Å². The molecule has 0 bridgehead atoms. The molecule has 0 amide bonds. The van der Waals surface area contributed by atoms with Gasteiger partial charge in [0, 0.05) is 36.7 Å². The third kappa shape index (κ3) is 9.06. The van der Waals surface area contributed by atoms with Crippen molar-refractivity contribution in [3.63, 3.8) is 0 Å². The highest BCUT2D eigenvalue weighted by Gasteiger charge is 2.41. The summed E-state index contributed by atoms with van der Waals surface area (Å²) in [4.78, 5) is 0. The highest BCUT2D eigenvalue weighted by molar-refractivity contribution is 5.74. The Kier molecular flexibility index (Phi) is 12.1. The molecule has 4 atom stereocenters. The van der Waals surface area contributed by atoms with Gasteiger partial charge in [0.25, 0.3) is 0 Å². The molecule has 42 heavy (non-hydrogen) atoms. The van der Waals surface area contributed by atoms with Gasteiger partial charge in [-0.15, -0.1) is 0 Å². The van der Waals surface area contributed by atoms with Gasteiger partial charge in [-0.2, -0.15) is 0 Å². The molecule has 2 aliphatic rings. The van der Waals surface area contributed by atoms with Crippen LogP contribution in [0.3, 0.4) is 0 Å². The van der Waals surface area contributed by atoms with Gasteiger partial charge < -0.3 is 29.4 Å². The minimum atomic E-state index is -0.574. The van der Waals surface area contributed by atoms with Crippen molar-refractivity contribution in [1.82, 2.24) is 0 Å². The van der Waals surface area contributed by atoms with Crippen molar-refractivity contribution >= 4 is 11.3 Å². The molecule has 1 saturated heterocycles. The second kappa shape index (κ2) is 16.7. The zero-order chi connectivity index (χ0) is 28.8. The number of hydrogen-bond acceptors (Lipinski definition) is 6. The molecule has 3 aromatic rings. The summed E-state index contributed by atoms with van der Waals surface area (Å²) in [5, 5.41) is 2.17. The number of benzene rings is 3. The van der Waals surface area contributed by atoms with E-state index < -0.39 is 6.29 Å². The number of rotatable bonds is 17. The summed E-state index contributed by atoms with van der Waals surface area (Å²) in [6.45, 7) is 3.37. The number of unbranched alkanes of at least 4 members (excludes halogenated alkanes) is 2. The van der Waals surface area contributed by atoms with Crippen LogP contribution in [0.15, 0.2) is 91.1 Å². The van der Waals surface area contributed by atoms with E-state index in [0.29, 0.717) is 39.5 Å². The molecule has 2 heterocycles.